The summed E-state index contributed by atoms with van der Waals surface area (Å²) < 4.78 is 14.6. The second-order valence-electron chi connectivity index (χ2n) is 5.48. The van der Waals surface area contributed by atoms with Crippen molar-refractivity contribution in [2.24, 2.45) is 0 Å². The van der Waals surface area contributed by atoms with Crippen LogP contribution in [0.15, 0.2) is 54.9 Å². The highest BCUT2D eigenvalue weighted by atomic mass is 32.1. The Hall–Kier alpha value is -2.80. The van der Waals surface area contributed by atoms with Gasteiger partial charge in [0.1, 0.15) is 12.1 Å². The number of nitrogens with one attached hydrogen (secondary N) is 2. The van der Waals surface area contributed by atoms with Gasteiger partial charge in [-0.2, -0.15) is 0 Å². The van der Waals surface area contributed by atoms with Crippen LogP contribution in [0.25, 0.3) is 0 Å². The molecule has 0 saturated carbocycles. The highest BCUT2D eigenvalue weighted by molar-refractivity contribution is 7.80. The average Bonchev–Trinajstić information content (AvgIpc) is 3.04. The number of hydrogen-bond acceptors (Lipinski definition) is 3. The van der Waals surface area contributed by atoms with E-state index >= 15 is 0 Å². The molecule has 3 rings (SSSR count). The molecule has 0 bridgehead atoms. The van der Waals surface area contributed by atoms with E-state index < -0.39 is 0 Å². The van der Waals surface area contributed by atoms with Crippen LogP contribution in [-0.4, -0.2) is 19.9 Å². The molecule has 5 nitrogen and oxygen atoms in total. The van der Waals surface area contributed by atoms with Gasteiger partial charge in [0.15, 0.2) is 5.11 Å². The van der Waals surface area contributed by atoms with E-state index in [2.05, 4.69) is 33.7 Å². The van der Waals surface area contributed by atoms with Crippen LogP contribution in [0.3, 0.4) is 0 Å². The summed E-state index contributed by atoms with van der Waals surface area (Å²) in [5.74, 6) is 0.155. The molecular weight excluding hydrogens is 337 g/mol. The highest BCUT2D eigenvalue weighted by Crippen LogP contribution is 2.15. The molecule has 7 heteroatoms. The maximum absolute atomic E-state index is 12.9. The fourth-order valence-electron chi connectivity index (χ4n) is 2.41. The van der Waals surface area contributed by atoms with Crippen LogP contribution in [0.5, 0.6) is 0 Å². The average molecular weight is 355 g/mol. The van der Waals surface area contributed by atoms with Gasteiger partial charge in [-0.05, 0) is 48.0 Å². The SMILES string of the molecule is CCc1ccccc1NC(=S)Nc1ncn(Cc2ccc(F)cc2)n1. The van der Waals surface area contributed by atoms with Crippen molar-refractivity contribution in [3.63, 3.8) is 0 Å². The van der Waals surface area contributed by atoms with E-state index in [1.807, 2.05) is 18.2 Å². The van der Waals surface area contributed by atoms with Crippen LogP contribution in [0.1, 0.15) is 18.1 Å². The first-order chi connectivity index (χ1) is 12.1. The number of thiocarbonyl (C=S) groups is 1. The molecular formula is C18H18FN5S. The molecule has 25 heavy (non-hydrogen) atoms. The second-order valence-corrected chi connectivity index (χ2v) is 5.89. The molecule has 1 aromatic heterocycles. The maximum atomic E-state index is 12.9. The molecule has 0 aliphatic heterocycles. The van der Waals surface area contributed by atoms with Crippen molar-refractivity contribution in [2.75, 3.05) is 10.6 Å². The van der Waals surface area contributed by atoms with E-state index in [-0.39, 0.29) is 5.82 Å². The van der Waals surface area contributed by atoms with Crippen LogP contribution in [-0.2, 0) is 13.0 Å². The number of halogens is 1. The smallest absolute Gasteiger partial charge is 0.248 e. The second kappa shape index (κ2) is 7.85. The Kier molecular flexibility index (Phi) is 5.35. The van der Waals surface area contributed by atoms with Crippen molar-refractivity contribution in [3.05, 3.63) is 71.8 Å². The molecule has 0 aliphatic carbocycles. The van der Waals surface area contributed by atoms with Crippen molar-refractivity contribution in [1.82, 2.24) is 14.8 Å². The topological polar surface area (TPSA) is 54.8 Å². The lowest BCUT2D eigenvalue weighted by atomic mass is 10.1. The van der Waals surface area contributed by atoms with Gasteiger partial charge in [0.05, 0.1) is 6.54 Å². The largest absolute Gasteiger partial charge is 0.332 e. The molecule has 1 heterocycles. The summed E-state index contributed by atoms with van der Waals surface area (Å²) in [6.45, 7) is 2.60. The Morgan fingerprint density at radius 3 is 2.64 bits per heavy atom. The lowest BCUT2D eigenvalue weighted by Crippen LogP contribution is -2.20. The van der Waals surface area contributed by atoms with Crippen LogP contribution in [0, 0.1) is 5.82 Å². The standard InChI is InChI=1S/C18H18FN5S/c1-2-14-5-3-4-6-16(14)21-18(25)22-17-20-12-24(23-17)11-13-7-9-15(19)10-8-13/h3-10,12H,2,11H2,1H3,(H2,21,22,23,25). The fraction of sp³-hybridized carbons (Fsp3) is 0.167. The summed E-state index contributed by atoms with van der Waals surface area (Å²) in [5.41, 5.74) is 3.09. The molecule has 0 saturated heterocycles. The first kappa shape index (κ1) is 17.0. The van der Waals surface area contributed by atoms with E-state index in [1.165, 1.54) is 17.7 Å². The minimum atomic E-state index is -0.256. The predicted molar refractivity (Wildman–Crippen MR) is 101 cm³/mol. The number of aryl methyl sites for hydroxylation is 1. The van der Waals surface area contributed by atoms with Gasteiger partial charge < -0.3 is 5.32 Å². The third kappa shape index (κ3) is 4.60. The maximum Gasteiger partial charge on any atom is 0.248 e. The highest BCUT2D eigenvalue weighted by Gasteiger charge is 2.06. The molecule has 0 fully saturated rings. The summed E-state index contributed by atoms with van der Waals surface area (Å²) in [6, 6.07) is 14.3. The molecule has 3 aromatic rings. The summed E-state index contributed by atoms with van der Waals surface area (Å²) in [6.07, 6.45) is 2.52. The fourth-order valence-corrected chi connectivity index (χ4v) is 2.61. The Labute approximate surface area is 150 Å². The Morgan fingerprint density at radius 1 is 1.12 bits per heavy atom. The van der Waals surface area contributed by atoms with Crippen molar-refractivity contribution >= 4 is 29.0 Å². The van der Waals surface area contributed by atoms with E-state index in [9.17, 15) is 4.39 Å². The van der Waals surface area contributed by atoms with Crippen molar-refractivity contribution in [2.45, 2.75) is 19.9 Å². The molecule has 2 N–H and O–H groups in total. The van der Waals surface area contributed by atoms with Crippen LogP contribution < -0.4 is 10.6 Å². The Bertz CT molecular complexity index is 860. The summed E-state index contributed by atoms with van der Waals surface area (Å²) in [5, 5.41) is 10.9. The number of aromatic nitrogens is 3. The lowest BCUT2D eigenvalue weighted by Gasteiger charge is -2.11. The monoisotopic (exact) mass is 355 g/mol. The van der Waals surface area contributed by atoms with Gasteiger partial charge in [-0.3, -0.25) is 5.32 Å². The van der Waals surface area contributed by atoms with E-state index in [1.54, 1.807) is 23.1 Å². The molecule has 0 unspecified atom stereocenters. The number of para-hydroxylation sites is 1. The molecule has 0 spiro atoms. The molecule has 0 atom stereocenters. The first-order valence-electron chi connectivity index (χ1n) is 7.94. The van der Waals surface area contributed by atoms with Crippen molar-refractivity contribution in [3.8, 4) is 0 Å². The lowest BCUT2D eigenvalue weighted by molar-refractivity contribution is 0.624. The third-order valence-corrected chi connectivity index (χ3v) is 3.87. The molecule has 2 aromatic carbocycles. The number of benzene rings is 2. The number of nitrogens with zero attached hydrogens (tertiary/aromatic N) is 3. The summed E-state index contributed by atoms with van der Waals surface area (Å²) in [7, 11) is 0. The van der Waals surface area contributed by atoms with E-state index in [0.29, 0.717) is 17.6 Å². The predicted octanol–water partition coefficient (Wildman–Crippen LogP) is 3.84. The van der Waals surface area contributed by atoms with Gasteiger partial charge in [0.2, 0.25) is 5.95 Å². The molecule has 0 radical (unpaired) electrons. The van der Waals surface area contributed by atoms with Gasteiger partial charge in [-0.1, -0.05) is 37.3 Å². The summed E-state index contributed by atoms with van der Waals surface area (Å²) >= 11 is 5.33. The minimum absolute atomic E-state index is 0.256. The van der Waals surface area contributed by atoms with Gasteiger partial charge in [0, 0.05) is 5.69 Å². The zero-order valence-corrected chi connectivity index (χ0v) is 14.6. The normalized spacial score (nSPS) is 10.5. The van der Waals surface area contributed by atoms with Crippen molar-refractivity contribution in [1.29, 1.82) is 0 Å². The quantitative estimate of drug-likeness (QED) is 0.681. The number of rotatable bonds is 5. The third-order valence-electron chi connectivity index (χ3n) is 3.67. The van der Waals surface area contributed by atoms with E-state index in [0.717, 1.165) is 17.7 Å². The van der Waals surface area contributed by atoms with Crippen molar-refractivity contribution < 1.29 is 4.39 Å². The Balaban J connectivity index is 1.61. The van der Waals surface area contributed by atoms with Gasteiger partial charge in [0.25, 0.3) is 0 Å². The van der Waals surface area contributed by atoms with Crippen LogP contribution >= 0.6 is 12.2 Å². The number of anilines is 2. The zero-order valence-electron chi connectivity index (χ0n) is 13.7. The van der Waals surface area contributed by atoms with Crippen LogP contribution in [0.2, 0.25) is 0 Å². The minimum Gasteiger partial charge on any atom is -0.332 e. The Morgan fingerprint density at radius 2 is 1.88 bits per heavy atom. The zero-order chi connectivity index (χ0) is 17.6. The number of hydrogen-bond donors (Lipinski definition) is 2. The van der Waals surface area contributed by atoms with Gasteiger partial charge in [-0.25, -0.2) is 14.1 Å². The summed E-state index contributed by atoms with van der Waals surface area (Å²) in [4.78, 5) is 4.19. The van der Waals surface area contributed by atoms with Crippen LogP contribution in [0.4, 0.5) is 16.0 Å². The molecule has 128 valence electrons. The first-order valence-corrected chi connectivity index (χ1v) is 8.34. The van der Waals surface area contributed by atoms with E-state index in [4.69, 9.17) is 12.2 Å². The molecule has 0 aliphatic rings. The molecule has 0 amide bonds. The van der Waals surface area contributed by atoms with Gasteiger partial charge in [-0.15, -0.1) is 5.10 Å². The van der Waals surface area contributed by atoms with Gasteiger partial charge >= 0.3 is 0 Å².